The molecule has 0 radical (unpaired) electrons. The van der Waals surface area contributed by atoms with Crippen LogP contribution in [-0.2, 0) is 0 Å². The molecule has 1 heterocycles. The van der Waals surface area contributed by atoms with Crippen LogP contribution >= 0.6 is 0 Å². The Kier molecular flexibility index (Phi) is 5.42. The van der Waals surface area contributed by atoms with E-state index in [9.17, 15) is 4.79 Å². The summed E-state index contributed by atoms with van der Waals surface area (Å²) in [5, 5.41) is 3.26. The van der Waals surface area contributed by atoms with Gasteiger partial charge in [-0.25, -0.2) is 0 Å². The third kappa shape index (κ3) is 4.01. The molecule has 3 rings (SSSR count). The fourth-order valence-corrected chi connectivity index (χ4v) is 3.91. The van der Waals surface area contributed by atoms with Crippen molar-refractivity contribution in [2.75, 3.05) is 7.11 Å². The Labute approximate surface area is 168 Å². The van der Waals surface area contributed by atoms with Crippen LogP contribution in [0.5, 0.6) is 11.5 Å². The van der Waals surface area contributed by atoms with Gasteiger partial charge in [0.1, 0.15) is 17.1 Å². The molecule has 0 bridgehead atoms. The number of ether oxygens (including phenoxy) is 2. The maximum Gasteiger partial charge on any atom is 0.252 e. The Bertz CT molecular complexity index is 899. The molecule has 28 heavy (non-hydrogen) atoms. The third-order valence-corrected chi connectivity index (χ3v) is 5.37. The highest BCUT2D eigenvalue weighted by Gasteiger charge is 2.35. The van der Waals surface area contributed by atoms with E-state index in [0.29, 0.717) is 5.56 Å². The summed E-state index contributed by atoms with van der Waals surface area (Å²) < 4.78 is 11.6. The fourth-order valence-electron chi connectivity index (χ4n) is 3.91. The van der Waals surface area contributed by atoms with E-state index in [1.54, 1.807) is 7.11 Å². The van der Waals surface area contributed by atoms with Crippen LogP contribution in [0.15, 0.2) is 30.3 Å². The van der Waals surface area contributed by atoms with Crippen LogP contribution in [0.25, 0.3) is 0 Å². The van der Waals surface area contributed by atoms with Crippen molar-refractivity contribution in [3.8, 4) is 11.5 Å². The molecule has 0 saturated carbocycles. The second-order valence-corrected chi connectivity index (χ2v) is 8.70. The van der Waals surface area contributed by atoms with Gasteiger partial charge in [-0.05, 0) is 62.9 Å². The molecule has 1 amide bonds. The van der Waals surface area contributed by atoms with Gasteiger partial charge in [-0.15, -0.1) is 0 Å². The molecule has 150 valence electrons. The summed E-state index contributed by atoms with van der Waals surface area (Å²) in [5.41, 5.74) is 4.52. The summed E-state index contributed by atoms with van der Waals surface area (Å²) in [6.07, 6.45) is 0.724. The molecule has 1 N–H and O–H groups in total. The van der Waals surface area contributed by atoms with Crippen molar-refractivity contribution < 1.29 is 14.3 Å². The maximum absolute atomic E-state index is 13.2. The lowest BCUT2D eigenvalue weighted by Gasteiger charge is -2.38. The standard InChI is InChI=1S/C24H31NO3/c1-14(2)17-12-18(16(4)11-22(17)27-7)23(26)25-20-13-24(5,6)28-21-9-8-15(3)10-19(20)21/h8-12,14,20H,13H2,1-7H3,(H,25,26). The highest BCUT2D eigenvalue weighted by molar-refractivity contribution is 5.96. The van der Waals surface area contributed by atoms with Crippen LogP contribution in [0.2, 0.25) is 0 Å². The number of rotatable bonds is 4. The van der Waals surface area contributed by atoms with Crippen LogP contribution in [-0.4, -0.2) is 18.6 Å². The van der Waals surface area contributed by atoms with Crippen LogP contribution in [0.3, 0.4) is 0 Å². The van der Waals surface area contributed by atoms with Gasteiger partial charge in [-0.3, -0.25) is 4.79 Å². The highest BCUT2D eigenvalue weighted by atomic mass is 16.5. The van der Waals surface area contributed by atoms with Crippen LogP contribution in [0, 0.1) is 13.8 Å². The average Bonchev–Trinajstić information content (AvgIpc) is 2.60. The average molecular weight is 382 g/mol. The number of amides is 1. The molecule has 2 aromatic carbocycles. The van der Waals surface area contributed by atoms with Gasteiger partial charge < -0.3 is 14.8 Å². The summed E-state index contributed by atoms with van der Waals surface area (Å²) in [5.74, 6) is 1.89. The molecule has 0 saturated heterocycles. The second kappa shape index (κ2) is 7.50. The molecule has 2 aromatic rings. The molecular formula is C24H31NO3. The predicted octanol–water partition coefficient (Wildman–Crippen LogP) is 5.47. The van der Waals surface area contributed by atoms with Crippen molar-refractivity contribution in [2.45, 2.75) is 65.5 Å². The lowest BCUT2D eigenvalue weighted by molar-refractivity contribution is 0.0619. The minimum absolute atomic E-state index is 0.0581. The van der Waals surface area contributed by atoms with Gasteiger partial charge in [0.15, 0.2) is 0 Å². The van der Waals surface area contributed by atoms with Gasteiger partial charge in [-0.2, -0.15) is 0 Å². The van der Waals surface area contributed by atoms with Gasteiger partial charge >= 0.3 is 0 Å². The van der Waals surface area contributed by atoms with E-state index in [0.717, 1.165) is 40.2 Å². The van der Waals surface area contributed by atoms with Crippen LogP contribution < -0.4 is 14.8 Å². The number of nitrogens with one attached hydrogen (secondary N) is 1. The first-order chi connectivity index (χ1) is 13.1. The largest absolute Gasteiger partial charge is 0.496 e. The summed E-state index contributed by atoms with van der Waals surface area (Å²) in [7, 11) is 1.67. The first kappa shape index (κ1) is 20.2. The van der Waals surface area contributed by atoms with E-state index in [-0.39, 0.29) is 23.5 Å². The Morgan fingerprint density at radius 3 is 2.57 bits per heavy atom. The quantitative estimate of drug-likeness (QED) is 0.764. The van der Waals surface area contributed by atoms with Gasteiger partial charge in [0.25, 0.3) is 5.91 Å². The van der Waals surface area contributed by atoms with E-state index in [1.165, 1.54) is 0 Å². The van der Waals surface area contributed by atoms with E-state index in [4.69, 9.17) is 9.47 Å². The lowest BCUT2D eigenvalue weighted by Crippen LogP contribution is -2.41. The molecule has 0 aromatic heterocycles. The van der Waals surface area contributed by atoms with Crippen molar-refractivity contribution >= 4 is 5.91 Å². The molecule has 1 atom stereocenters. The molecule has 1 aliphatic rings. The van der Waals surface area contributed by atoms with Crippen molar-refractivity contribution in [1.82, 2.24) is 5.32 Å². The maximum atomic E-state index is 13.2. The van der Waals surface area contributed by atoms with Crippen molar-refractivity contribution in [2.24, 2.45) is 0 Å². The smallest absolute Gasteiger partial charge is 0.252 e. The lowest BCUT2D eigenvalue weighted by atomic mass is 9.88. The van der Waals surface area contributed by atoms with Gasteiger partial charge in [0.05, 0.1) is 13.2 Å². The molecule has 1 aliphatic heterocycles. The number of carbonyl (C=O) groups is 1. The van der Waals surface area contributed by atoms with E-state index in [2.05, 4.69) is 46.0 Å². The van der Waals surface area contributed by atoms with E-state index in [1.807, 2.05) is 31.2 Å². The number of fused-ring (bicyclic) bond motifs is 1. The Balaban J connectivity index is 1.95. The van der Waals surface area contributed by atoms with Gasteiger partial charge in [0, 0.05) is 17.5 Å². The second-order valence-electron chi connectivity index (χ2n) is 8.70. The topological polar surface area (TPSA) is 47.6 Å². The molecular weight excluding hydrogens is 350 g/mol. The van der Waals surface area contributed by atoms with Crippen molar-refractivity contribution in [1.29, 1.82) is 0 Å². The minimum Gasteiger partial charge on any atom is -0.496 e. The first-order valence-corrected chi connectivity index (χ1v) is 9.90. The first-order valence-electron chi connectivity index (χ1n) is 9.90. The van der Waals surface area contributed by atoms with Crippen LogP contribution in [0.4, 0.5) is 0 Å². The van der Waals surface area contributed by atoms with E-state index >= 15 is 0 Å². The molecule has 4 nitrogen and oxygen atoms in total. The van der Waals surface area contributed by atoms with Gasteiger partial charge in [0.2, 0.25) is 0 Å². The summed E-state index contributed by atoms with van der Waals surface area (Å²) >= 11 is 0. The number of benzene rings is 2. The Morgan fingerprint density at radius 2 is 1.93 bits per heavy atom. The zero-order chi connectivity index (χ0) is 20.6. The van der Waals surface area contributed by atoms with E-state index < -0.39 is 0 Å². The SMILES string of the molecule is COc1cc(C)c(C(=O)NC2CC(C)(C)Oc3ccc(C)cc32)cc1C(C)C. The number of aryl methyl sites for hydroxylation is 2. The fraction of sp³-hybridized carbons (Fsp3) is 0.458. The molecule has 1 unspecified atom stereocenters. The zero-order valence-corrected chi connectivity index (χ0v) is 18.0. The molecule has 0 spiro atoms. The third-order valence-electron chi connectivity index (χ3n) is 5.37. The summed E-state index contributed by atoms with van der Waals surface area (Å²) in [6.45, 7) is 12.3. The summed E-state index contributed by atoms with van der Waals surface area (Å²) in [4.78, 5) is 13.2. The predicted molar refractivity (Wildman–Crippen MR) is 113 cm³/mol. The van der Waals surface area contributed by atoms with Crippen LogP contribution in [0.1, 0.15) is 78.7 Å². The summed E-state index contributed by atoms with van der Waals surface area (Å²) in [6, 6.07) is 9.99. The zero-order valence-electron chi connectivity index (χ0n) is 18.0. The molecule has 0 aliphatic carbocycles. The molecule has 4 heteroatoms. The van der Waals surface area contributed by atoms with Gasteiger partial charge in [-0.1, -0.05) is 31.5 Å². The normalized spacial score (nSPS) is 17.6. The highest BCUT2D eigenvalue weighted by Crippen LogP contribution is 2.40. The Hall–Kier alpha value is -2.49. The number of carbonyl (C=O) groups excluding carboxylic acids is 1. The van der Waals surface area contributed by atoms with Crippen molar-refractivity contribution in [3.63, 3.8) is 0 Å². The number of hydrogen-bond donors (Lipinski definition) is 1. The van der Waals surface area contributed by atoms with Crippen molar-refractivity contribution in [3.05, 3.63) is 58.1 Å². The number of hydrogen-bond acceptors (Lipinski definition) is 3. The molecule has 0 fully saturated rings. The monoisotopic (exact) mass is 381 g/mol. The Morgan fingerprint density at radius 1 is 1.21 bits per heavy atom. The minimum atomic E-state index is -0.335. The number of methoxy groups -OCH3 is 1.